The highest BCUT2D eigenvalue weighted by Crippen LogP contribution is 2.41. The third kappa shape index (κ3) is 3.80. The number of nitrogens with zero attached hydrogens (tertiary/aromatic N) is 1. The van der Waals surface area contributed by atoms with E-state index in [0.717, 1.165) is 37.0 Å². The van der Waals surface area contributed by atoms with Crippen LogP contribution in [0, 0.1) is 13.8 Å². The Kier molecular flexibility index (Phi) is 5.30. The van der Waals surface area contributed by atoms with Crippen LogP contribution in [-0.4, -0.2) is 22.7 Å². The lowest BCUT2D eigenvalue weighted by atomic mass is 10.0. The van der Waals surface area contributed by atoms with Crippen molar-refractivity contribution in [3.8, 4) is 5.75 Å². The maximum Gasteiger partial charge on any atom is 0.321 e. The van der Waals surface area contributed by atoms with Crippen molar-refractivity contribution in [2.24, 2.45) is 0 Å². The normalized spacial score (nSPS) is 12.3. The molecule has 25 heavy (non-hydrogen) atoms. The number of benzene rings is 2. The molecule has 1 atom stereocenters. The number of hydrogen-bond donors (Lipinski definition) is 1. The Balaban J connectivity index is 1.93. The Bertz CT molecular complexity index is 920. The Labute approximate surface area is 154 Å². The molecule has 4 nitrogen and oxygen atoms in total. The van der Waals surface area contributed by atoms with E-state index in [-0.39, 0.29) is 0 Å². The van der Waals surface area contributed by atoms with Crippen molar-refractivity contribution in [1.29, 1.82) is 0 Å². The molecule has 0 radical (unpaired) electrons. The van der Waals surface area contributed by atoms with Crippen LogP contribution in [0.25, 0.3) is 10.2 Å². The number of fused-ring (bicyclic) bond motifs is 1. The number of aromatic nitrogens is 1. The predicted molar refractivity (Wildman–Crippen MR) is 103 cm³/mol. The summed E-state index contributed by atoms with van der Waals surface area (Å²) < 4.78 is 7.26. The summed E-state index contributed by atoms with van der Waals surface area (Å²) in [6.07, 6.45) is 0. The average Bonchev–Trinajstić information content (AvgIpc) is 2.97. The van der Waals surface area contributed by atoms with Gasteiger partial charge in [-0.25, -0.2) is 4.98 Å². The first-order valence-corrected chi connectivity index (χ1v) is 9.68. The standard InChI is InChI=1S/C19H19NO3S2/c1-4-23-13-8-9-15-16(10-13)24-19(20-15)25-17(18(21)22)14-7-5-6-11(2)12(14)3/h5-10,17H,4H2,1-3H3,(H,21,22). The summed E-state index contributed by atoms with van der Waals surface area (Å²) in [5.74, 6) is -0.0486. The molecule has 0 saturated carbocycles. The SMILES string of the molecule is CCOc1ccc2nc(SC(C(=O)O)c3cccc(C)c3C)sc2c1. The van der Waals surface area contributed by atoms with Crippen LogP contribution < -0.4 is 4.74 Å². The van der Waals surface area contributed by atoms with Gasteiger partial charge in [-0.1, -0.05) is 30.0 Å². The van der Waals surface area contributed by atoms with E-state index in [4.69, 9.17) is 4.74 Å². The van der Waals surface area contributed by atoms with Gasteiger partial charge in [0, 0.05) is 0 Å². The quantitative estimate of drug-likeness (QED) is 0.600. The number of carbonyl (C=O) groups is 1. The molecule has 0 bridgehead atoms. The van der Waals surface area contributed by atoms with Gasteiger partial charge in [0.15, 0.2) is 4.34 Å². The molecule has 1 heterocycles. The zero-order chi connectivity index (χ0) is 18.0. The predicted octanol–water partition coefficient (Wildman–Crippen LogP) is 5.23. The molecule has 1 aromatic heterocycles. The summed E-state index contributed by atoms with van der Waals surface area (Å²) in [5.41, 5.74) is 3.80. The molecule has 0 saturated heterocycles. The fraction of sp³-hybridized carbons (Fsp3) is 0.263. The van der Waals surface area contributed by atoms with Crippen LogP contribution >= 0.6 is 23.1 Å². The van der Waals surface area contributed by atoms with E-state index in [2.05, 4.69) is 4.98 Å². The zero-order valence-electron chi connectivity index (χ0n) is 14.3. The molecule has 0 amide bonds. The van der Waals surface area contributed by atoms with Crippen molar-refractivity contribution in [3.05, 3.63) is 53.1 Å². The summed E-state index contributed by atoms with van der Waals surface area (Å²) in [6, 6.07) is 11.5. The van der Waals surface area contributed by atoms with E-state index in [1.54, 1.807) is 0 Å². The topological polar surface area (TPSA) is 59.4 Å². The Morgan fingerprint density at radius 3 is 2.84 bits per heavy atom. The minimum absolute atomic E-state index is 0.611. The zero-order valence-corrected chi connectivity index (χ0v) is 15.9. The van der Waals surface area contributed by atoms with Crippen LogP contribution in [0.4, 0.5) is 0 Å². The number of carboxylic acids is 1. The first-order valence-electron chi connectivity index (χ1n) is 7.98. The molecule has 0 aliphatic carbocycles. The van der Waals surface area contributed by atoms with E-state index in [9.17, 15) is 9.90 Å². The van der Waals surface area contributed by atoms with E-state index >= 15 is 0 Å². The summed E-state index contributed by atoms with van der Waals surface area (Å²) in [4.78, 5) is 16.4. The number of ether oxygens (including phenoxy) is 1. The fourth-order valence-corrected chi connectivity index (χ4v) is 4.91. The van der Waals surface area contributed by atoms with Gasteiger partial charge in [0.2, 0.25) is 0 Å². The third-order valence-corrected chi connectivity index (χ3v) is 6.36. The number of carboxylic acid groups (broad SMARTS) is 1. The fourth-order valence-electron chi connectivity index (χ4n) is 2.60. The van der Waals surface area contributed by atoms with Crippen molar-refractivity contribution < 1.29 is 14.6 Å². The lowest BCUT2D eigenvalue weighted by Crippen LogP contribution is -2.10. The average molecular weight is 373 g/mol. The maximum absolute atomic E-state index is 11.9. The Morgan fingerprint density at radius 2 is 2.12 bits per heavy atom. The van der Waals surface area contributed by atoms with Gasteiger partial charge in [0.1, 0.15) is 11.0 Å². The molecule has 0 aliphatic heterocycles. The van der Waals surface area contributed by atoms with Crippen molar-refractivity contribution in [2.75, 3.05) is 6.61 Å². The highest BCUT2D eigenvalue weighted by molar-refractivity contribution is 8.02. The van der Waals surface area contributed by atoms with E-state index in [1.807, 2.05) is 57.2 Å². The first kappa shape index (κ1) is 17.8. The lowest BCUT2D eigenvalue weighted by Gasteiger charge is -2.15. The molecule has 0 fully saturated rings. The second kappa shape index (κ2) is 7.45. The molecule has 2 aromatic carbocycles. The number of thioether (sulfide) groups is 1. The summed E-state index contributed by atoms with van der Waals surface area (Å²) >= 11 is 2.78. The van der Waals surface area contributed by atoms with E-state index in [0.29, 0.717) is 6.61 Å². The van der Waals surface area contributed by atoms with E-state index < -0.39 is 11.2 Å². The number of aryl methyl sites for hydroxylation is 1. The highest BCUT2D eigenvalue weighted by atomic mass is 32.2. The smallest absolute Gasteiger partial charge is 0.321 e. The van der Waals surface area contributed by atoms with Crippen molar-refractivity contribution in [2.45, 2.75) is 30.4 Å². The van der Waals surface area contributed by atoms with Gasteiger partial charge in [-0.05, 0) is 55.7 Å². The van der Waals surface area contributed by atoms with Crippen molar-refractivity contribution in [3.63, 3.8) is 0 Å². The van der Waals surface area contributed by atoms with Gasteiger partial charge in [-0.3, -0.25) is 4.79 Å². The van der Waals surface area contributed by atoms with Gasteiger partial charge in [0.25, 0.3) is 0 Å². The number of aliphatic carboxylic acids is 1. The second-order valence-electron chi connectivity index (χ2n) is 5.67. The van der Waals surface area contributed by atoms with Crippen LogP contribution in [0.2, 0.25) is 0 Å². The summed E-state index contributed by atoms with van der Waals surface area (Å²) in [7, 11) is 0. The Hall–Kier alpha value is -2.05. The van der Waals surface area contributed by atoms with Crippen LogP contribution in [0.1, 0.15) is 28.9 Å². The minimum Gasteiger partial charge on any atom is -0.494 e. The molecule has 0 spiro atoms. The largest absolute Gasteiger partial charge is 0.494 e. The molecular weight excluding hydrogens is 354 g/mol. The second-order valence-corrected chi connectivity index (χ2v) is 8.05. The first-order chi connectivity index (χ1) is 12.0. The molecule has 0 aliphatic rings. The monoisotopic (exact) mass is 373 g/mol. The van der Waals surface area contributed by atoms with Crippen molar-refractivity contribution >= 4 is 39.3 Å². The van der Waals surface area contributed by atoms with Crippen LogP contribution in [0.5, 0.6) is 5.75 Å². The maximum atomic E-state index is 11.9. The Morgan fingerprint density at radius 1 is 1.32 bits per heavy atom. The number of hydrogen-bond acceptors (Lipinski definition) is 5. The lowest BCUT2D eigenvalue weighted by molar-refractivity contribution is -0.136. The number of rotatable bonds is 6. The third-order valence-electron chi connectivity index (χ3n) is 4.02. The van der Waals surface area contributed by atoms with Crippen LogP contribution in [-0.2, 0) is 4.79 Å². The molecule has 6 heteroatoms. The molecule has 3 aromatic rings. The van der Waals surface area contributed by atoms with Gasteiger partial charge in [0.05, 0.1) is 16.8 Å². The minimum atomic E-state index is -0.854. The van der Waals surface area contributed by atoms with Crippen molar-refractivity contribution in [1.82, 2.24) is 4.98 Å². The van der Waals surface area contributed by atoms with Gasteiger partial charge in [-0.2, -0.15) is 0 Å². The molecular formula is C19H19NO3S2. The molecule has 1 unspecified atom stereocenters. The molecule has 1 N–H and O–H groups in total. The van der Waals surface area contributed by atoms with Gasteiger partial charge < -0.3 is 9.84 Å². The van der Waals surface area contributed by atoms with Gasteiger partial charge in [-0.15, -0.1) is 11.3 Å². The van der Waals surface area contributed by atoms with E-state index in [1.165, 1.54) is 23.1 Å². The highest BCUT2D eigenvalue weighted by Gasteiger charge is 2.25. The van der Waals surface area contributed by atoms with Gasteiger partial charge >= 0.3 is 5.97 Å². The molecule has 130 valence electrons. The summed E-state index contributed by atoms with van der Waals surface area (Å²) in [6.45, 7) is 6.52. The molecule has 3 rings (SSSR count). The summed E-state index contributed by atoms with van der Waals surface area (Å²) in [5, 5.41) is 9.05. The van der Waals surface area contributed by atoms with Crippen LogP contribution in [0.3, 0.4) is 0 Å². The number of thiazole rings is 1. The van der Waals surface area contributed by atoms with Crippen LogP contribution in [0.15, 0.2) is 40.7 Å².